The van der Waals surface area contributed by atoms with E-state index in [0.717, 1.165) is 5.56 Å². The monoisotopic (exact) mass is 155 g/mol. The van der Waals surface area contributed by atoms with E-state index in [4.69, 9.17) is 5.21 Å². The van der Waals surface area contributed by atoms with Crippen molar-refractivity contribution in [3.8, 4) is 0 Å². The number of hydrogen-bond donors (Lipinski definition) is 2. The van der Waals surface area contributed by atoms with Crippen LogP contribution in [-0.4, -0.2) is 20.9 Å². The van der Waals surface area contributed by atoms with Gasteiger partial charge in [0.05, 0.1) is 6.20 Å². The molecule has 0 unspecified atom stereocenters. The minimum absolute atomic E-state index is 0.0460. The second kappa shape index (κ2) is 3.16. The topological polar surface area (TPSA) is 67.2 Å². The minimum Gasteiger partial charge on any atom is -0.289 e. The number of carbonyl (C=O) groups is 1. The summed E-state index contributed by atoms with van der Waals surface area (Å²) in [5, 5.41) is 12.0. The largest absolute Gasteiger partial charge is 0.289 e. The Hall–Kier alpha value is -1.36. The Morgan fingerprint density at radius 3 is 3.09 bits per heavy atom. The third kappa shape index (κ3) is 2.05. The second-order valence-corrected chi connectivity index (χ2v) is 2.25. The first-order valence-corrected chi connectivity index (χ1v) is 3.14. The van der Waals surface area contributed by atoms with Gasteiger partial charge >= 0.3 is 0 Å². The van der Waals surface area contributed by atoms with Crippen LogP contribution in [0, 0.1) is 6.92 Å². The summed E-state index contributed by atoms with van der Waals surface area (Å²) in [6.45, 7) is 1.92. The molecule has 60 valence electrons. The molecule has 5 nitrogen and oxygen atoms in total. The van der Waals surface area contributed by atoms with Gasteiger partial charge in [-0.1, -0.05) is 0 Å². The fourth-order valence-corrected chi connectivity index (χ4v) is 0.736. The summed E-state index contributed by atoms with van der Waals surface area (Å²) in [7, 11) is 0. The van der Waals surface area contributed by atoms with E-state index in [1.165, 1.54) is 10.2 Å². The molecule has 1 heterocycles. The van der Waals surface area contributed by atoms with Gasteiger partial charge in [0.2, 0.25) is 0 Å². The lowest BCUT2D eigenvalue weighted by Gasteiger charge is -1.96. The molecule has 1 amide bonds. The first-order chi connectivity index (χ1) is 5.22. The molecular formula is C6H9N3O2. The molecule has 1 aromatic rings. The highest BCUT2D eigenvalue weighted by Crippen LogP contribution is 1.92. The summed E-state index contributed by atoms with van der Waals surface area (Å²) in [5.41, 5.74) is 2.51. The molecule has 0 bridgehead atoms. The zero-order valence-corrected chi connectivity index (χ0v) is 6.11. The highest BCUT2D eigenvalue weighted by molar-refractivity contribution is 5.74. The van der Waals surface area contributed by atoms with Crippen LogP contribution in [0.25, 0.3) is 0 Å². The molecule has 0 aliphatic heterocycles. The van der Waals surface area contributed by atoms with E-state index in [1.54, 1.807) is 12.4 Å². The van der Waals surface area contributed by atoms with E-state index < -0.39 is 5.91 Å². The summed E-state index contributed by atoms with van der Waals surface area (Å²) in [5.74, 6) is -0.479. The van der Waals surface area contributed by atoms with Crippen molar-refractivity contribution in [2.45, 2.75) is 13.5 Å². The standard InChI is InChI=1S/C6H9N3O2/c1-5-2-7-9(3-5)4-6(10)8-11/h2-3,11H,4H2,1H3,(H,8,10). The molecule has 1 rings (SSSR count). The van der Waals surface area contributed by atoms with E-state index in [9.17, 15) is 4.79 Å². The average molecular weight is 155 g/mol. The highest BCUT2D eigenvalue weighted by Gasteiger charge is 2.00. The minimum atomic E-state index is -0.479. The zero-order chi connectivity index (χ0) is 8.27. The predicted octanol–water partition coefficient (Wildman–Crippen LogP) is -0.303. The van der Waals surface area contributed by atoms with Crippen molar-refractivity contribution in [2.75, 3.05) is 0 Å². The van der Waals surface area contributed by atoms with E-state index in [2.05, 4.69) is 5.10 Å². The van der Waals surface area contributed by atoms with Crippen molar-refractivity contribution in [1.29, 1.82) is 0 Å². The molecular weight excluding hydrogens is 146 g/mol. The summed E-state index contributed by atoms with van der Waals surface area (Å²) in [6, 6.07) is 0. The fourth-order valence-electron chi connectivity index (χ4n) is 0.736. The molecule has 0 saturated carbocycles. The van der Waals surface area contributed by atoms with Gasteiger partial charge in [0.1, 0.15) is 6.54 Å². The smallest absolute Gasteiger partial charge is 0.265 e. The molecule has 0 aliphatic carbocycles. The van der Waals surface area contributed by atoms with E-state index >= 15 is 0 Å². The summed E-state index contributed by atoms with van der Waals surface area (Å²) < 4.78 is 1.45. The fraction of sp³-hybridized carbons (Fsp3) is 0.333. The number of amides is 1. The van der Waals surface area contributed by atoms with Gasteiger partial charge in [0.15, 0.2) is 0 Å². The Labute approximate surface area is 63.6 Å². The molecule has 0 aliphatic rings. The maximum atomic E-state index is 10.6. The Kier molecular flexibility index (Phi) is 2.22. The van der Waals surface area contributed by atoms with Crippen molar-refractivity contribution in [3.63, 3.8) is 0 Å². The quantitative estimate of drug-likeness (QED) is 0.455. The maximum absolute atomic E-state index is 10.6. The third-order valence-corrected chi connectivity index (χ3v) is 1.19. The molecule has 5 heteroatoms. The van der Waals surface area contributed by atoms with Gasteiger partial charge in [-0.3, -0.25) is 14.7 Å². The van der Waals surface area contributed by atoms with Crippen LogP contribution in [0.5, 0.6) is 0 Å². The summed E-state index contributed by atoms with van der Waals surface area (Å²) in [4.78, 5) is 10.6. The Balaban J connectivity index is 2.57. The van der Waals surface area contributed by atoms with Crippen molar-refractivity contribution < 1.29 is 10.0 Å². The van der Waals surface area contributed by atoms with Crippen LogP contribution in [-0.2, 0) is 11.3 Å². The number of hydroxylamine groups is 1. The number of nitrogens with zero attached hydrogens (tertiary/aromatic N) is 2. The van der Waals surface area contributed by atoms with Crippen LogP contribution in [0.4, 0.5) is 0 Å². The normalized spacial score (nSPS) is 9.64. The molecule has 0 fully saturated rings. The van der Waals surface area contributed by atoms with Gasteiger partial charge in [-0.05, 0) is 12.5 Å². The number of rotatable bonds is 2. The summed E-state index contributed by atoms with van der Waals surface area (Å²) >= 11 is 0. The molecule has 0 radical (unpaired) electrons. The summed E-state index contributed by atoms with van der Waals surface area (Å²) in [6.07, 6.45) is 3.36. The van der Waals surface area contributed by atoms with Crippen molar-refractivity contribution in [1.82, 2.24) is 15.3 Å². The third-order valence-electron chi connectivity index (χ3n) is 1.19. The maximum Gasteiger partial charge on any atom is 0.265 e. The van der Waals surface area contributed by atoms with Crippen molar-refractivity contribution >= 4 is 5.91 Å². The predicted molar refractivity (Wildman–Crippen MR) is 36.9 cm³/mol. The van der Waals surface area contributed by atoms with Crippen LogP contribution in [0.3, 0.4) is 0 Å². The van der Waals surface area contributed by atoms with E-state index in [-0.39, 0.29) is 6.54 Å². The SMILES string of the molecule is Cc1cnn(CC(=O)NO)c1. The first kappa shape index (κ1) is 7.74. The average Bonchev–Trinajstić information content (AvgIpc) is 2.35. The molecule has 2 N–H and O–H groups in total. The molecule has 0 atom stereocenters. The van der Waals surface area contributed by atoms with Gasteiger partial charge in [-0.2, -0.15) is 5.10 Å². The number of aryl methyl sites for hydroxylation is 1. The first-order valence-electron chi connectivity index (χ1n) is 3.14. The number of carbonyl (C=O) groups excluding carboxylic acids is 1. The number of hydrogen-bond acceptors (Lipinski definition) is 3. The molecule has 1 aromatic heterocycles. The number of aromatic nitrogens is 2. The van der Waals surface area contributed by atoms with E-state index in [1.807, 2.05) is 6.92 Å². The van der Waals surface area contributed by atoms with Gasteiger partial charge in [0.25, 0.3) is 5.91 Å². The Morgan fingerprint density at radius 1 is 1.91 bits per heavy atom. The molecule has 0 aromatic carbocycles. The molecule has 0 spiro atoms. The lowest BCUT2D eigenvalue weighted by Crippen LogP contribution is -2.24. The lowest BCUT2D eigenvalue weighted by molar-refractivity contribution is -0.130. The number of nitrogens with one attached hydrogen (secondary N) is 1. The van der Waals surface area contributed by atoms with Crippen LogP contribution in [0.2, 0.25) is 0 Å². The van der Waals surface area contributed by atoms with Crippen LogP contribution < -0.4 is 5.48 Å². The Morgan fingerprint density at radius 2 is 2.64 bits per heavy atom. The van der Waals surface area contributed by atoms with Crippen LogP contribution >= 0.6 is 0 Å². The Bertz CT molecular complexity index is 256. The molecule has 0 saturated heterocycles. The van der Waals surface area contributed by atoms with Gasteiger partial charge < -0.3 is 0 Å². The lowest BCUT2D eigenvalue weighted by atomic mass is 10.4. The van der Waals surface area contributed by atoms with E-state index in [0.29, 0.717) is 0 Å². The van der Waals surface area contributed by atoms with Crippen LogP contribution in [0.1, 0.15) is 5.56 Å². The van der Waals surface area contributed by atoms with Crippen LogP contribution in [0.15, 0.2) is 12.4 Å². The van der Waals surface area contributed by atoms with Crippen molar-refractivity contribution in [3.05, 3.63) is 18.0 Å². The van der Waals surface area contributed by atoms with Gasteiger partial charge in [-0.25, -0.2) is 5.48 Å². The van der Waals surface area contributed by atoms with Gasteiger partial charge in [-0.15, -0.1) is 0 Å². The zero-order valence-electron chi connectivity index (χ0n) is 6.11. The van der Waals surface area contributed by atoms with Gasteiger partial charge in [0, 0.05) is 6.20 Å². The second-order valence-electron chi connectivity index (χ2n) is 2.25. The molecule has 11 heavy (non-hydrogen) atoms. The highest BCUT2D eigenvalue weighted by atomic mass is 16.5. The van der Waals surface area contributed by atoms with Crippen molar-refractivity contribution in [2.24, 2.45) is 0 Å².